The number of aryl methyl sites for hydroxylation is 3. The summed E-state index contributed by atoms with van der Waals surface area (Å²) in [5.74, 6) is 1.57. The van der Waals surface area contributed by atoms with Crippen LogP contribution in [-0.4, -0.2) is 13.6 Å². The van der Waals surface area contributed by atoms with Crippen molar-refractivity contribution in [3.63, 3.8) is 0 Å². The summed E-state index contributed by atoms with van der Waals surface area (Å²) in [6.07, 6.45) is 6.98. The van der Waals surface area contributed by atoms with Gasteiger partial charge in [0.05, 0.1) is 0 Å². The molecule has 19 heavy (non-hydrogen) atoms. The van der Waals surface area contributed by atoms with Crippen molar-refractivity contribution in [3.05, 3.63) is 34.4 Å². The van der Waals surface area contributed by atoms with Crippen molar-refractivity contribution in [1.82, 2.24) is 5.32 Å². The molecule has 2 unspecified atom stereocenters. The minimum absolute atomic E-state index is 0.759. The van der Waals surface area contributed by atoms with E-state index in [-0.39, 0.29) is 0 Å². The quantitative estimate of drug-likeness (QED) is 0.788. The first-order valence-corrected chi connectivity index (χ1v) is 7.86. The summed E-state index contributed by atoms with van der Waals surface area (Å²) < 4.78 is 0. The molecule has 0 heterocycles. The fourth-order valence-electron chi connectivity index (χ4n) is 3.68. The molecule has 0 amide bonds. The first kappa shape index (κ1) is 14.6. The van der Waals surface area contributed by atoms with Gasteiger partial charge in [-0.3, -0.25) is 0 Å². The Hall–Kier alpha value is -0.820. The average molecular weight is 259 g/mol. The molecular formula is C18H29N. The minimum atomic E-state index is 0.759. The number of hydrogen-bond acceptors (Lipinski definition) is 1. The van der Waals surface area contributed by atoms with Crippen molar-refractivity contribution in [2.24, 2.45) is 5.92 Å². The first-order valence-electron chi connectivity index (χ1n) is 7.86. The summed E-state index contributed by atoms with van der Waals surface area (Å²) in [6, 6.07) is 4.84. The van der Waals surface area contributed by atoms with Gasteiger partial charge in [0.15, 0.2) is 0 Å². The van der Waals surface area contributed by atoms with Gasteiger partial charge >= 0.3 is 0 Å². The standard InChI is InChI=1S/C18H29N/c1-13-10-15(3)18(11-14(13)2)17-9-7-5-6-8-16(17)12-19-4/h10-11,16-17,19H,5-9,12H2,1-4H3. The molecule has 0 spiro atoms. The maximum atomic E-state index is 3.41. The third-order valence-electron chi connectivity index (χ3n) is 4.91. The summed E-state index contributed by atoms with van der Waals surface area (Å²) in [4.78, 5) is 0. The van der Waals surface area contributed by atoms with Gasteiger partial charge in [-0.25, -0.2) is 0 Å². The zero-order valence-electron chi connectivity index (χ0n) is 13.1. The summed E-state index contributed by atoms with van der Waals surface area (Å²) in [5, 5.41) is 3.41. The third-order valence-corrected chi connectivity index (χ3v) is 4.91. The summed E-state index contributed by atoms with van der Waals surface area (Å²) >= 11 is 0. The Morgan fingerprint density at radius 2 is 1.63 bits per heavy atom. The molecule has 1 fully saturated rings. The van der Waals surface area contributed by atoms with E-state index in [9.17, 15) is 0 Å². The lowest BCUT2D eigenvalue weighted by atomic mass is 9.79. The monoisotopic (exact) mass is 259 g/mol. The Kier molecular flexibility index (Phi) is 5.04. The summed E-state index contributed by atoms with van der Waals surface area (Å²) in [6.45, 7) is 7.94. The van der Waals surface area contributed by atoms with Gasteiger partial charge in [-0.1, -0.05) is 31.4 Å². The van der Waals surface area contributed by atoms with E-state index in [1.165, 1.54) is 48.8 Å². The second-order valence-corrected chi connectivity index (χ2v) is 6.36. The summed E-state index contributed by atoms with van der Waals surface area (Å²) in [5.41, 5.74) is 5.99. The molecule has 1 aromatic carbocycles. The molecule has 1 nitrogen and oxygen atoms in total. The van der Waals surface area contributed by atoms with Crippen LogP contribution in [-0.2, 0) is 0 Å². The molecule has 0 saturated heterocycles. The van der Waals surface area contributed by atoms with Gasteiger partial charge in [0.25, 0.3) is 0 Å². The van der Waals surface area contributed by atoms with Crippen LogP contribution in [0.25, 0.3) is 0 Å². The largest absolute Gasteiger partial charge is 0.319 e. The van der Waals surface area contributed by atoms with Crippen LogP contribution in [0.3, 0.4) is 0 Å². The molecule has 1 aliphatic rings. The molecule has 0 aromatic heterocycles. The molecule has 1 saturated carbocycles. The molecule has 1 aromatic rings. The van der Waals surface area contributed by atoms with Crippen LogP contribution in [0.15, 0.2) is 12.1 Å². The second kappa shape index (κ2) is 6.56. The highest BCUT2D eigenvalue weighted by molar-refractivity contribution is 5.39. The lowest BCUT2D eigenvalue weighted by Gasteiger charge is -2.27. The highest BCUT2D eigenvalue weighted by Crippen LogP contribution is 2.38. The van der Waals surface area contributed by atoms with Crippen LogP contribution in [0.5, 0.6) is 0 Å². The first-order chi connectivity index (χ1) is 9.13. The van der Waals surface area contributed by atoms with Crippen molar-refractivity contribution in [3.8, 4) is 0 Å². The molecule has 0 aliphatic heterocycles. The molecule has 0 radical (unpaired) electrons. The minimum Gasteiger partial charge on any atom is -0.319 e. The van der Waals surface area contributed by atoms with Gasteiger partial charge < -0.3 is 5.32 Å². The van der Waals surface area contributed by atoms with E-state index < -0.39 is 0 Å². The van der Waals surface area contributed by atoms with Gasteiger partial charge in [-0.15, -0.1) is 0 Å². The van der Waals surface area contributed by atoms with Gasteiger partial charge in [0.2, 0.25) is 0 Å². The maximum absolute atomic E-state index is 3.41. The van der Waals surface area contributed by atoms with Crippen molar-refractivity contribution < 1.29 is 0 Å². The normalized spacial score (nSPS) is 24.2. The number of nitrogens with one attached hydrogen (secondary N) is 1. The fourth-order valence-corrected chi connectivity index (χ4v) is 3.68. The van der Waals surface area contributed by atoms with Gasteiger partial charge in [-0.05, 0) is 81.3 Å². The SMILES string of the molecule is CNCC1CCCCCC1c1cc(C)c(C)cc1C. The van der Waals surface area contributed by atoms with E-state index >= 15 is 0 Å². The maximum Gasteiger partial charge on any atom is -0.00177 e. The van der Waals surface area contributed by atoms with Gasteiger partial charge in [0, 0.05) is 0 Å². The van der Waals surface area contributed by atoms with E-state index in [1.54, 1.807) is 5.56 Å². The van der Waals surface area contributed by atoms with Gasteiger partial charge in [0.1, 0.15) is 0 Å². The average Bonchev–Trinajstić information content (AvgIpc) is 2.60. The zero-order valence-corrected chi connectivity index (χ0v) is 13.1. The Balaban J connectivity index is 2.32. The van der Waals surface area contributed by atoms with Crippen LogP contribution in [0.2, 0.25) is 0 Å². The topological polar surface area (TPSA) is 12.0 Å². The Morgan fingerprint density at radius 1 is 0.947 bits per heavy atom. The zero-order chi connectivity index (χ0) is 13.8. The van der Waals surface area contributed by atoms with Crippen LogP contribution in [0.1, 0.15) is 60.3 Å². The number of rotatable bonds is 3. The van der Waals surface area contributed by atoms with E-state index in [0.717, 1.165) is 18.4 Å². The van der Waals surface area contributed by atoms with Crippen molar-refractivity contribution in [2.75, 3.05) is 13.6 Å². The Labute approximate surface area is 118 Å². The van der Waals surface area contributed by atoms with Crippen molar-refractivity contribution >= 4 is 0 Å². The summed E-state index contributed by atoms with van der Waals surface area (Å²) in [7, 11) is 2.09. The van der Waals surface area contributed by atoms with E-state index in [1.807, 2.05) is 0 Å². The fraction of sp³-hybridized carbons (Fsp3) is 0.667. The highest BCUT2D eigenvalue weighted by atomic mass is 14.8. The smallest absolute Gasteiger partial charge is 0.00177 e. The second-order valence-electron chi connectivity index (χ2n) is 6.36. The van der Waals surface area contributed by atoms with Gasteiger partial charge in [-0.2, -0.15) is 0 Å². The predicted octanol–water partition coefficient (Wildman–Crippen LogP) is 4.50. The highest BCUT2D eigenvalue weighted by Gasteiger charge is 2.25. The van der Waals surface area contributed by atoms with E-state index in [0.29, 0.717) is 0 Å². The molecule has 2 atom stereocenters. The molecule has 2 rings (SSSR count). The van der Waals surface area contributed by atoms with Crippen LogP contribution in [0, 0.1) is 26.7 Å². The molecule has 106 valence electrons. The lowest BCUT2D eigenvalue weighted by Crippen LogP contribution is -2.24. The van der Waals surface area contributed by atoms with Crippen molar-refractivity contribution in [1.29, 1.82) is 0 Å². The molecule has 1 heteroatoms. The predicted molar refractivity (Wildman–Crippen MR) is 83.9 cm³/mol. The Morgan fingerprint density at radius 3 is 2.37 bits per heavy atom. The lowest BCUT2D eigenvalue weighted by molar-refractivity contribution is 0.385. The number of hydrogen-bond donors (Lipinski definition) is 1. The molecule has 1 aliphatic carbocycles. The van der Waals surface area contributed by atoms with E-state index in [4.69, 9.17) is 0 Å². The molecule has 0 bridgehead atoms. The molecule has 1 N–H and O–H groups in total. The van der Waals surface area contributed by atoms with Crippen LogP contribution >= 0.6 is 0 Å². The van der Waals surface area contributed by atoms with E-state index in [2.05, 4.69) is 45.3 Å². The number of benzene rings is 1. The van der Waals surface area contributed by atoms with Crippen molar-refractivity contribution in [2.45, 2.75) is 58.8 Å². The van der Waals surface area contributed by atoms with Crippen LogP contribution in [0.4, 0.5) is 0 Å². The molecular weight excluding hydrogens is 230 g/mol. The van der Waals surface area contributed by atoms with Crippen LogP contribution < -0.4 is 5.32 Å². The third kappa shape index (κ3) is 3.39. The Bertz CT molecular complexity index is 422.